The molecule has 0 aliphatic heterocycles. The third kappa shape index (κ3) is 8.09. The summed E-state index contributed by atoms with van der Waals surface area (Å²) in [4.78, 5) is 0. The number of rotatable bonds is 18. The Hall–Kier alpha value is -1.92. The molecule has 0 fully saturated rings. The van der Waals surface area contributed by atoms with Crippen LogP contribution in [-0.4, -0.2) is 39.6 Å². The van der Waals surface area contributed by atoms with Gasteiger partial charge in [-0.25, -0.2) is 0 Å². The Labute approximate surface area is 238 Å². The van der Waals surface area contributed by atoms with Crippen LogP contribution < -0.4 is 9.47 Å². The molecule has 0 aliphatic carbocycles. The Morgan fingerprint density at radius 1 is 0.525 bits per heavy atom. The first-order chi connectivity index (χ1) is 19.3. The van der Waals surface area contributed by atoms with Gasteiger partial charge in [0.1, 0.15) is 11.5 Å². The van der Waals surface area contributed by atoms with Crippen molar-refractivity contribution in [2.45, 2.75) is 66.7 Å². The van der Waals surface area contributed by atoms with E-state index in [4.69, 9.17) is 27.6 Å². The van der Waals surface area contributed by atoms with Crippen LogP contribution in [-0.2, 0) is 39.5 Å². The van der Waals surface area contributed by atoms with Crippen molar-refractivity contribution in [3.63, 3.8) is 0 Å². The van der Waals surface area contributed by atoms with Gasteiger partial charge in [-0.1, -0.05) is 38.1 Å². The molecule has 0 bridgehead atoms. The van der Waals surface area contributed by atoms with E-state index in [0.717, 1.165) is 57.0 Å². The van der Waals surface area contributed by atoms with Gasteiger partial charge in [-0.15, -0.1) is 0 Å². The predicted molar refractivity (Wildman–Crippen MR) is 162 cm³/mol. The molecular weight excluding hydrogens is 550 g/mol. The second-order valence-electron chi connectivity index (χ2n) is 9.32. The van der Waals surface area contributed by atoms with Gasteiger partial charge in [0.25, 0.3) is 0 Å². The predicted octanol–water partition coefficient (Wildman–Crippen LogP) is 9.10. The number of fused-ring (bicyclic) bond motifs is 2. The SMILES string of the molecule is CCCOc1c2ccc(CP(=O)(OCC)OCC)cc2c(OCCC)c2ccc(CP(=O)(OCC)OCC)cc12. The summed E-state index contributed by atoms with van der Waals surface area (Å²) in [6.07, 6.45) is 1.99. The number of benzene rings is 3. The minimum Gasteiger partial charge on any atom is -0.492 e. The van der Waals surface area contributed by atoms with Crippen molar-refractivity contribution in [1.82, 2.24) is 0 Å². The third-order valence-electron chi connectivity index (χ3n) is 6.10. The highest BCUT2D eigenvalue weighted by molar-refractivity contribution is 7.53. The summed E-state index contributed by atoms with van der Waals surface area (Å²) >= 11 is 0. The second kappa shape index (κ2) is 15.3. The fourth-order valence-electron chi connectivity index (χ4n) is 4.65. The summed E-state index contributed by atoms with van der Waals surface area (Å²) in [5.74, 6) is 1.45. The topological polar surface area (TPSA) is 89.5 Å². The van der Waals surface area contributed by atoms with Gasteiger partial charge >= 0.3 is 15.2 Å². The van der Waals surface area contributed by atoms with Gasteiger partial charge in [0, 0.05) is 21.5 Å². The van der Waals surface area contributed by atoms with Gasteiger partial charge in [0.2, 0.25) is 0 Å². The summed E-state index contributed by atoms with van der Waals surface area (Å²) in [6, 6.07) is 11.8. The van der Waals surface area contributed by atoms with Crippen LogP contribution in [0.1, 0.15) is 65.5 Å². The first-order valence-electron chi connectivity index (χ1n) is 14.3. The molecule has 0 saturated carbocycles. The second-order valence-corrected chi connectivity index (χ2v) is 13.4. The van der Waals surface area contributed by atoms with Gasteiger partial charge in [-0.05, 0) is 63.8 Å². The summed E-state index contributed by atoms with van der Waals surface area (Å²) in [6.45, 7) is 13.6. The normalized spacial score (nSPS) is 12.3. The fourth-order valence-corrected chi connectivity index (χ4v) is 8.03. The van der Waals surface area contributed by atoms with Crippen molar-refractivity contribution < 1.29 is 36.7 Å². The van der Waals surface area contributed by atoms with Crippen LogP contribution in [0.15, 0.2) is 36.4 Å². The first kappa shape index (κ1) is 32.6. The van der Waals surface area contributed by atoms with E-state index >= 15 is 0 Å². The molecule has 8 nitrogen and oxygen atoms in total. The maximum absolute atomic E-state index is 13.3. The van der Waals surface area contributed by atoms with Crippen molar-refractivity contribution in [2.75, 3.05) is 39.6 Å². The molecule has 3 rings (SSSR count). The van der Waals surface area contributed by atoms with Crippen molar-refractivity contribution in [3.8, 4) is 11.5 Å². The largest absolute Gasteiger partial charge is 0.492 e. The maximum atomic E-state index is 13.3. The van der Waals surface area contributed by atoms with Gasteiger partial charge in [-0.2, -0.15) is 0 Å². The lowest BCUT2D eigenvalue weighted by Gasteiger charge is -2.21. The van der Waals surface area contributed by atoms with Crippen LogP contribution in [0, 0.1) is 0 Å². The average molecular weight is 595 g/mol. The third-order valence-corrected chi connectivity index (χ3v) is 10.2. The van der Waals surface area contributed by atoms with E-state index in [0.29, 0.717) is 39.6 Å². The van der Waals surface area contributed by atoms with Crippen molar-refractivity contribution in [1.29, 1.82) is 0 Å². The lowest BCUT2D eigenvalue weighted by atomic mass is 9.97. The standard InChI is InChI=1S/C30H44O8P2/c1-7-17-33-29-25-15-13-24(22-40(32,37-11-5)38-12-6)20-28(25)30(34-18-8-2)26-16-14-23(19-27(26)29)21-39(31,35-9-3)36-10-4/h13-16,19-20H,7-12,17-18,21-22H2,1-6H3. The van der Waals surface area contributed by atoms with Crippen molar-refractivity contribution in [2.24, 2.45) is 0 Å². The van der Waals surface area contributed by atoms with Crippen LogP contribution in [0.5, 0.6) is 11.5 Å². The molecule has 0 amide bonds. The minimum absolute atomic E-state index is 0.157. The van der Waals surface area contributed by atoms with E-state index in [9.17, 15) is 9.13 Å². The Morgan fingerprint density at radius 3 is 1.18 bits per heavy atom. The summed E-state index contributed by atoms with van der Waals surface area (Å²) < 4.78 is 61.5. The molecule has 0 unspecified atom stereocenters. The Kier molecular flexibility index (Phi) is 12.5. The molecule has 222 valence electrons. The Balaban J connectivity index is 2.24. The molecule has 0 saturated heterocycles. The van der Waals surface area contributed by atoms with E-state index in [2.05, 4.69) is 13.8 Å². The highest BCUT2D eigenvalue weighted by Gasteiger charge is 2.27. The van der Waals surface area contributed by atoms with Crippen LogP contribution in [0.3, 0.4) is 0 Å². The summed E-state index contributed by atoms with van der Waals surface area (Å²) in [5, 5.41) is 3.50. The zero-order valence-corrected chi connectivity index (χ0v) is 26.5. The number of hydrogen-bond acceptors (Lipinski definition) is 8. The highest BCUT2D eigenvalue weighted by Crippen LogP contribution is 2.54. The van der Waals surface area contributed by atoms with E-state index in [1.54, 1.807) is 0 Å². The van der Waals surface area contributed by atoms with Crippen LogP contribution in [0.2, 0.25) is 0 Å². The monoisotopic (exact) mass is 594 g/mol. The molecule has 40 heavy (non-hydrogen) atoms. The highest BCUT2D eigenvalue weighted by atomic mass is 31.2. The molecule has 0 spiro atoms. The lowest BCUT2D eigenvalue weighted by molar-refractivity contribution is 0.218. The minimum atomic E-state index is -3.29. The Morgan fingerprint density at radius 2 is 0.875 bits per heavy atom. The smallest absolute Gasteiger partial charge is 0.335 e. The number of ether oxygens (including phenoxy) is 2. The molecular formula is C30H44O8P2. The van der Waals surface area contributed by atoms with Crippen LogP contribution in [0.4, 0.5) is 0 Å². The molecule has 0 radical (unpaired) electrons. The quantitative estimate of drug-likeness (QED) is 0.106. The molecule has 3 aromatic carbocycles. The molecule has 0 N–H and O–H groups in total. The summed E-state index contributed by atoms with van der Waals surface area (Å²) in [7, 11) is -6.59. The molecule has 0 aromatic heterocycles. The molecule has 0 aliphatic rings. The van der Waals surface area contributed by atoms with E-state index in [1.807, 2.05) is 64.1 Å². The van der Waals surface area contributed by atoms with E-state index < -0.39 is 15.2 Å². The maximum Gasteiger partial charge on any atom is 0.335 e. The zero-order chi connectivity index (χ0) is 29.2. The van der Waals surface area contributed by atoms with Crippen LogP contribution in [0.25, 0.3) is 21.5 Å². The molecule has 3 aromatic rings. The van der Waals surface area contributed by atoms with Crippen molar-refractivity contribution in [3.05, 3.63) is 47.5 Å². The van der Waals surface area contributed by atoms with Gasteiger partial charge in [-0.3, -0.25) is 9.13 Å². The van der Waals surface area contributed by atoms with Crippen LogP contribution >= 0.6 is 15.2 Å². The molecule has 0 atom stereocenters. The summed E-state index contributed by atoms with van der Waals surface area (Å²) in [5.41, 5.74) is 1.65. The number of hydrogen-bond donors (Lipinski definition) is 0. The van der Waals surface area contributed by atoms with Gasteiger partial charge in [0.05, 0.1) is 52.0 Å². The van der Waals surface area contributed by atoms with Crippen molar-refractivity contribution >= 4 is 36.7 Å². The molecule has 10 heteroatoms. The lowest BCUT2D eigenvalue weighted by Crippen LogP contribution is -2.03. The van der Waals surface area contributed by atoms with Gasteiger partial charge in [0.15, 0.2) is 0 Å². The molecule has 0 heterocycles. The fraction of sp³-hybridized carbons (Fsp3) is 0.533. The zero-order valence-electron chi connectivity index (χ0n) is 24.7. The Bertz CT molecular complexity index is 1230. The van der Waals surface area contributed by atoms with Gasteiger partial charge < -0.3 is 27.6 Å². The first-order valence-corrected chi connectivity index (χ1v) is 17.7. The van der Waals surface area contributed by atoms with E-state index in [-0.39, 0.29) is 12.3 Å². The average Bonchev–Trinajstić information content (AvgIpc) is 2.91. The van der Waals surface area contributed by atoms with E-state index in [1.165, 1.54) is 0 Å².